The van der Waals surface area contributed by atoms with Gasteiger partial charge in [0.05, 0.1) is 26.9 Å². The van der Waals surface area contributed by atoms with Gasteiger partial charge in [-0.2, -0.15) is 0 Å². The van der Waals surface area contributed by atoms with Gasteiger partial charge in [0, 0.05) is 12.0 Å². The molecule has 0 bridgehead atoms. The Morgan fingerprint density at radius 3 is 2.19 bits per heavy atom. The fraction of sp³-hybridized carbons (Fsp3) is 0.250. The standard InChI is InChI=1S/C20H21NO6/c1-25-16-9-7-13(8-10-16)11-17(20(24)27-3)21-18(22)14-5-4-6-15(12-14)19(23)26-2/h4-10,12,17H,11H2,1-3H3,(H,21,22)/t17-/m1/s1. The number of methoxy groups -OCH3 is 3. The van der Waals surface area contributed by atoms with Crippen molar-refractivity contribution in [3.63, 3.8) is 0 Å². The summed E-state index contributed by atoms with van der Waals surface area (Å²) in [7, 11) is 4.08. The van der Waals surface area contributed by atoms with Gasteiger partial charge in [0.2, 0.25) is 0 Å². The second-order valence-corrected chi connectivity index (χ2v) is 5.67. The van der Waals surface area contributed by atoms with Gasteiger partial charge in [-0.3, -0.25) is 4.79 Å². The maximum absolute atomic E-state index is 12.5. The van der Waals surface area contributed by atoms with Crippen LogP contribution in [0.25, 0.3) is 0 Å². The second-order valence-electron chi connectivity index (χ2n) is 5.67. The Bertz CT molecular complexity index is 815. The molecule has 0 saturated carbocycles. The molecule has 142 valence electrons. The zero-order chi connectivity index (χ0) is 19.8. The topological polar surface area (TPSA) is 90.9 Å². The predicted octanol–water partition coefficient (Wildman–Crippen LogP) is 2.00. The van der Waals surface area contributed by atoms with Gasteiger partial charge >= 0.3 is 11.9 Å². The monoisotopic (exact) mass is 371 g/mol. The third-order valence-corrected chi connectivity index (χ3v) is 3.94. The van der Waals surface area contributed by atoms with Crippen LogP contribution in [0.15, 0.2) is 48.5 Å². The van der Waals surface area contributed by atoms with Crippen LogP contribution in [-0.4, -0.2) is 45.2 Å². The van der Waals surface area contributed by atoms with Gasteiger partial charge in [-0.1, -0.05) is 18.2 Å². The fourth-order valence-electron chi connectivity index (χ4n) is 2.48. The van der Waals surface area contributed by atoms with E-state index in [2.05, 4.69) is 10.1 Å². The van der Waals surface area contributed by atoms with Crippen LogP contribution >= 0.6 is 0 Å². The minimum atomic E-state index is -0.877. The van der Waals surface area contributed by atoms with Gasteiger partial charge in [-0.05, 0) is 35.9 Å². The Morgan fingerprint density at radius 2 is 1.59 bits per heavy atom. The molecule has 2 aromatic carbocycles. The summed E-state index contributed by atoms with van der Waals surface area (Å²) in [4.78, 5) is 36.3. The molecular formula is C20H21NO6. The van der Waals surface area contributed by atoms with Crippen LogP contribution in [0.4, 0.5) is 0 Å². The van der Waals surface area contributed by atoms with E-state index in [-0.39, 0.29) is 17.5 Å². The van der Waals surface area contributed by atoms with Crippen LogP contribution in [0.2, 0.25) is 0 Å². The number of esters is 2. The molecule has 7 nitrogen and oxygen atoms in total. The molecule has 0 aromatic heterocycles. The average molecular weight is 371 g/mol. The Morgan fingerprint density at radius 1 is 0.926 bits per heavy atom. The van der Waals surface area contributed by atoms with Gasteiger partial charge < -0.3 is 19.5 Å². The summed E-state index contributed by atoms with van der Waals surface area (Å²) in [6, 6.07) is 12.3. The van der Waals surface area contributed by atoms with Crippen molar-refractivity contribution < 1.29 is 28.6 Å². The van der Waals surface area contributed by atoms with Gasteiger partial charge in [0.1, 0.15) is 11.8 Å². The maximum atomic E-state index is 12.5. The highest BCUT2D eigenvalue weighted by Gasteiger charge is 2.23. The van der Waals surface area contributed by atoms with Crippen molar-refractivity contribution in [1.29, 1.82) is 0 Å². The molecule has 1 atom stereocenters. The third-order valence-electron chi connectivity index (χ3n) is 3.94. The maximum Gasteiger partial charge on any atom is 0.337 e. The molecule has 0 aliphatic carbocycles. The van der Waals surface area contributed by atoms with Crippen molar-refractivity contribution in [1.82, 2.24) is 5.32 Å². The van der Waals surface area contributed by atoms with Crippen LogP contribution < -0.4 is 10.1 Å². The van der Waals surface area contributed by atoms with E-state index in [1.807, 2.05) is 0 Å². The molecule has 0 fully saturated rings. The van der Waals surface area contributed by atoms with Crippen molar-refractivity contribution in [3.05, 3.63) is 65.2 Å². The van der Waals surface area contributed by atoms with E-state index in [0.717, 1.165) is 5.56 Å². The van der Waals surface area contributed by atoms with Gasteiger partial charge in [-0.15, -0.1) is 0 Å². The first kappa shape index (κ1) is 20.0. The molecule has 27 heavy (non-hydrogen) atoms. The number of carbonyl (C=O) groups is 3. The quantitative estimate of drug-likeness (QED) is 0.749. The van der Waals surface area contributed by atoms with E-state index in [0.29, 0.717) is 5.75 Å². The molecular weight excluding hydrogens is 350 g/mol. The van der Waals surface area contributed by atoms with Crippen LogP contribution in [0, 0.1) is 0 Å². The highest BCUT2D eigenvalue weighted by Crippen LogP contribution is 2.14. The lowest BCUT2D eigenvalue weighted by atomic mass is 10.0. The SMILES string of the molecule is COC(=O)c1cccc(C(=O)N[C@H](Cc2ccc(OC)cc2)C(=O)OC)c1. The van der Waals surface area contributed by atoms with Crippen molar-refractivity contribution in [2.45, 2.75) is 12.5 Å². The summed E-state index contributed by atoms with van der Waals surface area (Å²) in [5, 5.41) is 2.65. The lowest BCUT2D eigenvalue weighted by Gasteiger charge is -2.17. The van der Waals surface area contributed by atoms with Gasteiger partial charge in [-0.25, -0.2) is 9.59 Å². The lowest BCUT2D eigenvalue weighted by molar-refractivity contribution is -0.142. The summed E-state index contributed by atoms with van der Waals surface area (Å²) in [6.07, 6.45) is 0.249. The van der Waals surface area contributed by atoms with Crippen LogP contribution in [0.1, 0.15) is 26.3 Å². The van der Waals surface area contributed by atoms with Crippen LogP contribution in [0.3, 0.4) is 0 Å². The zero-order valence-corrected chi connectivity index (χ0v) is 15.4. The number of ether oxygens (including phenoxy) is 3. The van der Waals surface area contributed by atoms with E-state index in [1.165, 1.54) is 26.4 Å². The number of hydrogen-bond acceptors (Lipinski definition) is 6. The molecule has 0 saturated heterocycles. The average Bonchev–Trinajstić information content (AvgIpc) is 2.72. The predicted molar refractivity (Wildman–Crippen MR) is 97.7 cm³/mol. The Kier molecular flexibility index (Phi) is 6.93. The highest BCUT2D eigenvalue weighted by molar-refractivity contribution is 5.99. The molecule has 2 aromatic rings. The molecule has 0 heterocycles. The lowest BCUT2D eigenvalue weighted by Crippen LogP contribution is -2.43. The van der Waals surface area contributed by atoms with Crippen molar-refractivity contribution in [3.8, 4) is 5.75 Å². The number of amides is 1. The third kappa shape index (κ3) is 5.31. The zero-order valence-electron chi connectivity index (χ0n) is 15.4. The van der Waals surface area contributed by atoms with E-state index in [1.54, 1.807) is 43.5 Å². The highest BCUT2D eigenvalue weighted by atomic mass is 16.5. The molecule has 0 aliphatic heterocycles. The van der Waals surface area contributed by atoms with Crippen LogP contribution in [-0.2, 0) is 20.7 Å². The van der Waals surface area contributed by atoms with Crippen molar-refractivity contribution >= 4 is 17.8 Å². The minimum absolute atomic E-state index is 0.238. The first-order chi connectivity index (χ1) is 13.0. The Balaban J connectivity index is 2.16. The summed E-state index contributed by atoms with van der Waals surface area (Å²) in [5.74, 6) is -0.919. The van der Waals surface area contributed by atoms with Crippen molar-refractivity contribution in [2.24, 2.45) is 0 Å². The van der Waals surface area contributed by atoms with Crippen molar-refractivity contribution in [2.75, 3.05) is 21.3 Å². The van der Waals surface area contributed by atoms with E-state index in [9.17, 15) is 14.4 Å². The number of carbonyl (C=O) groups excluding carboxylic acids is 3. The number of nitrogens with one attached hydrogen (secondary N) is 1. The molecule has 0 unspecified atom stereocenters. The number of benzene rings is 2. The molecule has 0 aliphatic rings. The normalized spacial score (nSPS) is 11.2. The van der Waals surface area contributed by atoms with E-state index >= 15 is 0 Å². The largest absolute Gasteiger partial charge is 0.497 e. The molecule has 1 amide bonds. The Labute approximate surface area is 157 Å². The fourth-order valence-corrected chi connectivity index (χ4v) is 2.48. The van der Waals surface area contributed by atoms with Gasteiger partial charge in [0.15, 0.2) is 0 Å². The molecule has 0 radical (unpaired) electrons. The number of rotatable bonds is 7. The van der Waals surface area contributed by atoms with E-state index < -0.39 is 23.9 Å². The summed E-state index contributed by atoms with van der Waals surface area (Å²) in [6.45, 7) is 0. The number of hydrogen-bond donors (Lipinski definition) is 1. The minimum Gasteiger partial charge on any atom is -0.497 e. The molecule has 1 N–H and O–H groups in total. The summed E-state index contributed by atoms with van der Waals surface area (Å²) < 4.78 is 14.5. The second kappa shape index (κ2) is 9.38. The summed E-state index contributed by atoms with van der Waals surface area (Å²) in [5.41, 5.74) is 1.31. The van der Waals surface area contributed by atoms with E-state index in [4.69, 9.17) is 9.47 Å². The smallest absolute Gasteiger partial charge is 0.337 e. The summed E-state index contributed by atoms with van der Waals surface area (Å²) >= 11 is 0. The first-order valence-electron chi connectivity index (χ1n) is 8.18. The molecule has 2 rings (SSSR count). The first-order valence-corrected chi connectivity index (χ1v) is 8.18. The molecule has 7 heteroatoms. The van der Waals surface area contributed by atoms with Crippen LogP contribution in [0.5, 0.6) is 5.75 Å². The van der Waals surface area contributed by atoms with Gasteiger partial charge in [0.25, 0.3) is 5.91 Å². The molecule has 0 spiro atoms. The Hall–Kier alpha value is -3.35.